The van der Waals surface area contributed by atoms with Crippen LogP contribution in [0, 0.1) is 5.82 Å². The van der Waals surface area contributed by atoms with E-state index in [1.165, 1.54) is 12.1 Å². The molecular formula is C23H22FN3O2. The quantitative estimate of drug-likeness (QED) is 0.746. The van der Waals surface area contributed by atoms with Crippen LogP contribution in [0.25, 0.3) is 10.9 Å². The van der Waals surface area contributed by atoms with Crippen LogP contribution in [0.2, 0.25) is 0 Å². The van der Waals surface area contributed by atoms with Gasteiger partial charge in [0.25, 0.3) is 5.91 Å². The van der Waals surface area contributed by atoms with E-state index in [0.717, 1.165) is 34.1 Å². The topological polar surface area (TPSA) is 56.4 Å². The van der Waals surface area contributed by atoms with E-state index in [0.29, 0.717) is 19.5 Å². The third-order valence-electron chi connectivity index (χ3n) is 6.34. The molecule has 0 saturated carbocycles. The van der Waals surface area contributed by atoms with Gasteiger partial charge >= 0.3 is 0 Å². The van der Waals surface area contributed by atoms with E-state index in [2.05, 4.69) is 11.1 Å². The third kappa shape index (κ3) is 2.66. The third-order valence-corrected chi connectivity index (χ3v) is 6.34. The number of benzene rings is 2. The van der Waals surface area contributed by atoms with Gasteiger partial charge < -0.3 is 14.8 Å². The zero-order valence-corrected chi connectivity index (χ0v) is 16.2. The molecule has 3 heterocycles. The molecule has 5 rings (SSSR count). The summed E-state index contributed by atoms with van der Waals surface area (Å²) in [5.41, 5.74) is 2.86. The molecule has 0 bridgehead atoms. The number of piperazine rings is 1. The molecular weight excluding hydrogens is 369 g/mol. The number of aromatic amines is 1. The Hall–Kier alpha value is -3.15. The van der Waals surface area contributed by atoms with E-state index in [-0.39, 0.29) is 24.2 Å². The Labute approximate surface area is 168 Å². The summed E-state index contributed by atoms with van der Waals surface area (Å²) in [7, 11) is 0. The van der Waals surface area contributed by atoms with E-state index >= 15 is 0 Å². The summed E-state index contributed by atoms with van der Waals surface area (Å²) in [4.78, 5) is 33.3. The molecule has 1 aromatic heterocycles. The lowest BCUT2D eigenvalue weighted by atomic mass is 9.83. The van der Waals surface area contributed by atoms with E-state index in [4.69, 9.17) is 0 Å². The second-order valence-electron chi connectivity index (χ2n) is 7.99. The van der Waals surface area contributed by atoms with E-state index in [1.54, 1.807) is 21.9 Å². The van der Waals surface area contributed by atoms with Crippen LogP contribution in [-0.4, -0.2) is 46.2 Å². The highest BCUT2D eigenvalue weighted by Crippen LogP contribution is 2.41. The number of carbonyl (C=O) groups excluding carboxylic acids is 2. The van der Waals surface area contributed by atoms with Gasteiger partial charge in [-0.05, 0) is 49.1 Å². The molecule has 3 aromatic rings. The van der Waals surface area contributed by atoms with Crippen molar-refractivity contribution in [2.24, 2.45) is 0 Å². The first-order valence-electron chi connectivity index (χ1n) is 9.93. The molecule has 0 radical (unpaired) electrons. The van der Waals surface area contributed by atoms with Gasteiger partial charge in [0, 0.05) is 24.0 Å². The van der Waals surface area contributed by atoms with Gasteiger partial charge in [0.05, 0.1) is 12.2 Å². The summed E-state index contributed by atoms with van der Waals surface area (Å²) in [5, 5.41) is 1.12. The fourth-order valence-corrected chi connectivity index (χ4v) is 4.78. The molecule has 2 aromatic carbocycles. The van der Waals surface area contributed by atoms with Crippen molar-refractivity contribution in [1.82, 2.24) is 14.8 Å². The molecule has 2 aliphatic rings. The van der Waals surface area contributed by atoms with Gasteiger partial charge in [-0.3, -0.25) is 9.59 Å². The number of amides is 2. The van der Waals surface area contributed by atoms with Crippen LogP contribution in [0.3, 0.4) is 0 Å². The van der Waals surface area contributed by atoms with Crippen molar-refractivity contribution in [3.8, 4) is 0 Å². The number of nitrogens with zero attached hydrogens (tertiary/aromatic N) is 2. The van der Waals surface area contributed by atoms with Gasteiger partial charge in [-0.1, -0.05) is 30.3 Å². The Morgan fingerprint density at radius 2 is 1.86 bits per heavy atom. The molecule has 1 atom stereocenters. The highest BCUT2D eigenvalue weighted by molar-refractivity contribution is 6.00. The van der Waals surface area contributed by atoms with Crippen molar-refractivity contribution < 1.29 is 14.0 Å². The van der Waals surface area contributed by atoms with Crippen LogP contribution in [0.1, 0.15) is 23.7 Å². The maximum Gasteiger partial charge on any atom is 0.254 e. The average molecular weight is 391 g/mol. The van der Waals surface area contributed by atoms with Crippen LogP contribution >= 0.6 is 0 Å². The molecule has 1 N–H and O–H groups in total. The van der Waals surface area contributed by atoms with Crippen molar-refractivity contribution in [1.29, 1.82) is 0 Å². The molecule has 0 unspecified atom stereocenters. The molecule has 6 heteroatoms. The lowest BCUT2D eigenvalue weighted by Gasteiger charge is -2.49. The monoisotopic (exact) mass is 391 g/mol. The normalized spacial score (nSPS) is 21.4. The summed E-state index contributed by atoms with van der Waals surface area (Å²) in [6.45, 7) is 2.91. The lowest BCUT2D eigenvalue weighted by Crippen LogP contribution is -2.67. The Balaban J connectivity index is 1.49. The van der Waals surface area contributed by atoms with Crippen LogP contribution in [0.15, 0.2) is 48.5 Å². The number of rotatable bonds is 3. The molecule has 0 aliphatic carbocycles. The molecule has 2 aliphatic heterocycles. The van der Waals surface area contributed by atoms with Crippen LogP contribution in [0.5, 0.6) is 0 Å². The summed E-state index contributed by atoms with van der Waals surface area (Å²) < 4.78 is 13.1. The second kappa shape index (κ2) is 6.44. The van der Waals surface area contributed by atoms with Crippen molar-refractivity contribution in [3.05, 3.63) is 71.2 Å². The average Bonchev–Trinajstić information content (AvgIpc) is 3.11. The highest BCUT2D eigenvalue weighted by Gasteiger charge is 2.53. The number of fused-ring (bicyclic) bond motifs is 5. The first-order valence-corrected chi connectivity index (χ1v) is 9.93. The molecule has 5 nitrogen and oxygen atoms in total. The predicted octanol–water partition coefficient (Wildman–Crippen LogP) is 2.99. The zero-order chi connectivity index (χ0) is 20.2. The molecule has 0 spiro atoms. The van der Waals surface area contributed by atoms with Gasteiger partial charge in [-0.2, -0.15) is 0 Å². The Morgan fingerprint density at radius 3 is 2.66 bits per heavy atom. The van der Waals surface area contributed by atoms with Gasteiger partial charge in [0.2, 0.25) is 5.91 Å². The number of H-pyrrole nitrogens is 1. The summed E-state index contributed by atoms with van der Waals surface area (Å²) in [6.07, 6.45) is 1.32. The van der Waals surface area contributed by atoms with Crippen LogP contribution in [-0.2, 0) is 28.0 Å². The van der Waals surface area contributed by atoms with Crippen LogP contribution < -0.4 is 0 Å². The Bertz CT molecular complexity index is 1120. The number of halogens is 1. The largest absolute Gasteiger partial charge is 0.356 e. The number of nitrogens with one attached hydrogen (secondary N) is 1. The number of hydrogen-bond donors (Lipinski definition) is 1. The summed E-state index contributed by atoms with van der Waals surface area (Å²) in [5.74, 6) is -0.378. The van der Waals surface area contributed by atoms with Gasteiger partial charge in [-0.15, -0.1) is 0 Å². The van der Waals surface area contributed by atoms with Crippen molar-refractivity contribution in [2.75, 3.05) is 19.6 Å². The number of hydrogen-bond acceptors (Lipinski definition) is 2. The molecule has 148 valence electrons. The lowest BCUT2D eigenvalue weighted by molar-refractivity contribution is -0.165. The fourth-order valence-electron chi connectivity index (χ4n) is 4.78. The van der Waals surface area contributed by atoms with Gasteiger partial charge in [0.1, 0.15) is 5.82 Å². The van der Waals surface area contributed by atoms with E-state index < -0.39 is 5.54 Å². The maximum atomic E-state index is 13.6. The Morgan fingerprint density at radius 1 is 1.10 bits per heavy atom. The SMILES string of the molecule is C[C@@]12C(=O)N(CCc3ccc(F)cc3)CC(=O)N1CCc1c2[nH]c2ccccc12. The summed E-state index contributed by atoms with van der Waals surface area (Å²) in [6, 6.07) is 14.3. The second-order valence-corrected chi connectivity index (χ2v) is 7.99. The minimum absolute atomic E-state index is 0.0319. The predicted molar refractivity (Wildman–Crippen MR) is 108 cm³/mol. The standard InChI is InChI=1S/C23H22FN3O2/c1-23-21-18(17-4-2-3-5-19(17)25-21)11-13-27(23)20(28)14-26(22(23)29)12-10-15-6-8-16(24)9-7-15/h2-9,25H,10-14H2,1H3/t23-/m1/s1. The van der Waals surface area contributed by atoms with Crippen LogP contribution in [0.4, 0.5) is 4.39 Å². The van der Waals surface area contributed by atoms with E-state index in [9.17, 15) is 14.0 Å². The smallest absolute Gasteiger partial charge is 0.254 e. The van der Waals surface area contributed by atoms with E-state index in [1.807, 2.05) is 25.1 Å². The fraction of sp³-hybridized carbons (Fsp3) is 0.304. The first-order chi connectivity index (χ1) is 14.0. The first kappa shape index (κ1) is 17.9. The molecule has 2 amide bonds. The highest BCUT2D eigenvalue weighted by atomic mass is 19.1. The maximum absolute atomic E-state index is 13.6. The van der Waals surface area contributed by atoms with Gasteiger partial charge in [0.15, 0.2) is 5.54 Å². The van der Waals surface area contributed by atoms with Crippen molar-refractivity contribution in [3.63, 3.8) is 0 Å². The molecule has 1 fully saturated rings. The zero-order valence-electron chi connectivity index (χ0n) is 16.2. The Kier molecular flexibility index (Phi) is 3.98. The van der Waals surface area contributed by atoms with Crippen molar-refractivity contribution >= 4 is 22.7 Å². The minimum atomic E-state index is -1.02. The minimum Gasteiger partial charge on any atom is -0.356 e. The van der Waals surface area contributed by atoms with Crippen molar-refractivity contribution in [2.45, 2.75) is 25.3 Å². The summed E-state index contributed by atoms with van der Waals surface area (Å²) >= 11 is 0. The number of aromatic nitrogens is 1. The number of para-hydroxylation sites is 1. The number of carbonyl (C=O) groups is 2. The molecule has 1 saturated heterocycles. The van der Waals surface area contributed by atoms with Gasteiger partial charge in [-0.25, -0.2) is 4.39 Å². The molecule has 29 heavy (non-hydrogen) atoms.